The highest BCUT2D eigenvalue weighted by Gasteiger charge is 2.31. The maximum Gasteiger partial charge on any atom is 0.573 e. The summed E-state index contributed by atoms with van der Waals surface area (Å²) >= 11 is 0. The van der Waals surface area contributed by atoms with Gasteiger partial charge in [-0.2, -0.15) is 0 Å². The van der Waals surface area contributed by atoms with Crippen molar-refractivity contribution in [2.24, 2.45) is 0 Å². The number of hydrogen-bond acceptors (Lipinski definition) is 5. The van der Waals surface area contributed by atoms with E-state index in [9.17, 15) is 27.6 Å². The van der Waals surface area contributed by atoms with E-state index in [2.05, 4.69) is 15.0 Å². The first-order chi connectivity index (χ1) is 15.1. The van der Waals surface area contributed by atoms with Crippen molar-refractivity contribution < 1.29 is 27.5 Å². The number of carbonyl (C=O) groups is 2. The number of benzene rings is 2. The molecule has 0 spiro atoms. The molecule has 3 aromatic rings. The molecule has 3 rings (SSSR count). The van der Waals surface area contributed by atoms with E-state index in [1.165, 1.54) is 35.0 Å². The van der Waals surface area contributed by atoms with Gasteiger partial charge in [0, 0.05) is 25.7 Å². The van der Waals surface area contributed by atoms with E-state index in [1.807, 2.05) is 0 Å². The van der Waals surface area contributed by atoms with E-state index in [1.54, 1.807) is 24.3 Å². The summed E-state index contributed by atoms with van der Waals surface area (Å²) in [6.07, 6.45) is -3.45. The molecule has 0 radical (unpaired) electrons. The molecular weight excluding hydrogens is 429 g/mol. The Morgan fingerprint density at radius 2 is 1.81 bits per heavy atom. The Balaban J connectivity index is 1.51. The average Bonchev–Trinajstić information content (AvgIpc) is 2.73. The van der Waals surface area contributed by atoms with Gasteiger partial charge in [-0.05, 0) is 36.4 Å². The number of ether oxygens (including phenoxy) is 1. The van der Waals surface area contributed by atoms with Gasteiger partial charge in [0.1, 0.15) is 5.75 Å². The van der Waals surface area contributed by atoms with E-state index >= 15 is 0 Å². The summed E-state index contributed by atoms with van der Waals surface area (Å²) in [5.41, 5.74) is 0.549. The molecule has 0 aliphatic rings. The van der Waals surface area contributed by atoms with Crippen molar-refractivity contribution in [1.82, 2.24) is 14.5 Å². The molecule has 1 N–H and O–H groups in total. The van der Waals surface area contributed by atoms with Gasteiger partial charge in [0.05, 0.1) is 23.8 Å². The number of likely N-dealkylation sites (N-methyl/N-ethyl adjacent to an activating group) is 1. The maximum absolute atomic E-state index is 12.5. The first-order valence-electron chi connectivity index (χ1n) is 9.46. The van der Waals surface area contributed by atoms with Crippen molar-refractivity contribution in [3.63, 3.8) is 0 Å². The largest absolute Gasteiger partial charge is 0.573 e. The minimum absolute atomic E-state index is 0.0206. The number of hydrogen-bond donors (Lipinski definition) is 1. The second-order valence-electron chi connectivity index (χ2n) is 6.88. The van der Waals surface area contributed by atoms with Crippen LogP contribution >= 0.6 is 0 Å². The molecule has 32 heavy (non-hydrogen) atoms. The Morgan fingerprint density at radius 3 is 2.50 bits per heavy atom. The molecule has 0 unspecified atom stereocenters. The van der Waals surface area contributed by atoms with Crippen molar-refractivity contribution >= 4 is 28.4 Å². The van der Waals surface area contributed by atoms with Gasteiger partial charge in [0.2, 0.25) is 11.8 Å². The van der Waals surface area contributed by atoms with Crippen molar-refractivity contribution in [2.45, 2.75) is 19.3 Å². The van der Waals surface area contributed by atoms with Gasteiger partial charge in [-0.3, -0.25) is 19.0 Å². The van der Waals surface area contributed by atoms with Crippen LogP contribution in [0.2, 0.25) is 0 Å². The van der Waals surface area contributed by atoms with Crippen LogP contribution in [0, 0.1) is 0 Å². The van der Waals surface area contributed by atoms with Crippen LogP contribution in [-0.2, 0) is 16.1 Å². The van der Waals surface area contributed by atoms with Crippen LogP contribution in [0.3, 0.4) is 0 Å². The number of amides is 2. The van der Waals surface area contributed by atoms with Gasteiger partial charge in [0.25, 0.3) is 5.56 Å². The van der Waals surface area contributed by atoms with Crippen LogP contribution in [0.15, 0.2) is 59.7 Å². The van der Waals surface area contributed by atoms with Crippen molar-refractivity contribution in [1.29, 1.82) is 0 Å². The fourth-order valence-electron chi connectivity index (χ4n) is 2.92. The molecule has 168 valence electrons. The molecule has 0 fully saturated rings. The summed E-state index contributed by atoms with van der Waals surface area (Å²) in [6.45, 7) is -0.174. The molecule has 2 amide bonds. The van der Waals surface area contributed by atoms with E-state index in [-0.39, 0.29) is 36.7 Å². The van der Waals surface area contributed by atoms with E-state index < -0.39 is 18.0 Å². The van der Waals surface area contributed by atoms with Gasteiger partial charge >= 0.3 is 6.36 Å². The van der Waals surface area contributed by atoms with Gasteiger partial charge < -0.3 is 15.0 Å². The number of fused-ring (bicyclic) bond motifs is 1. The zero-order valence-corrected chi connectivity index (χ0v) is 16.9. The molecule has 8 nitrogen and oxygen atoms in total. The molecule has 0 aliphatic carbocycles. The zero-order chi connectivity index (χ0) is 23.3. The van der Waals surface area contributed by atoms with Crippen LogP contribution in [0.4, 0.5) is 18.9 Å². The Bertz CT molecular complexity index is 1180. The normalized spacial score (nSPS) is 11.2. The predicted molar refractivity (Wildman–Crippen MR) is 110 cm³/mol. The minimum Gasteiger partial charge on any atom is -0.406 e. The third kappa shape index (κ3) is 6.06. The Kier molecular flexibility index (Phi) is 6.76. The van der Waals surface area contributed by atoms with Crippen LogP contribution in [-0.4, -0.2) is 46.2 Å². The number of alkyl halides is 3. The number of halogens is 3. The maximum atomic E-state index is 12.5. The van der Waals surface area contributed by atoms with Gasteiger partial charge in [-0.1, -0.05) is 12.1 Å². The Hall–Kier alpha value is -3.89. The van der Waals surface area contributed by atoms with Crippen molar-refractivity contribution in [3.05, 3.63) is 65.2 Å². The highest BCUT2D eigenvalue weighted by molar-refractivity contribution is 5.94. The lowest BCUT2D eigenvalue weighted by molar-refractivity contribution is -0.274. The predicted octanol–water partition coefficient (Wildman–Crippen LogP) is 2.78. The standard InChI is InChI=1S/C21H19F3N4O4/c1-27(12-18(29)26-14-6-8-15(9-7-14)32-21(22,23)24)19(30)10-11-28-13-25-17-5-3-2-4-16(17)20(28)31/h2-9,13H,10-12H2,1H3,(H,26,29). The zero-order valence-electron chi connectivity index (χ0n) is 16.9. The van der Waals surface area contributed by atoms with Crippen LogP contribution in [0.25, 0.3) is 10.9 Å². The highest BCUT2D eigenvalue weighted by Crippen LogP contribution is 2.23. The summed E-state index contributed by atoms with van der Waals surface area (Å²) in [5.74, 6) is -1.31. The molecule has 0 bridgehead atoms. The Morgan fingerprint density at radius 1 is 1.12 bits per heavy atom. The summed E-state index contributed by atoms with van der Waals surface area (Å²) in [4.78, 5) is 42.3. The average molecular weight is 448 g/mol. The molecule has 0 saturated carbocycles. The number of nitrogens with one attached hydrogen (secondary N) is 1. The molecule has 11 heteroatoms. The lowest BCUT2D eigenvalue weighted by Gasteiger charge is -2.17. The molecule has 1 aromatic heterocycles. The quantitative estimate of drug-likeness (QED) is 0.600. The fraction of sp³-hybridized carbons (Fsp3) is 0.238. The molecule has 0 atom stereocenters. The summed E-state index contributed by atoms with van der Waals surface area (Å²) in [7, 11) is 1.43. The van der Waals surface area contributed by atoms with Crippen molar-refractivity contribution in [2.75, 3.05) is 18.9 Å². The van der Waals surface area contributed by atoms with Crippen LogP contribution in [0.1, 0.15) is 6.42 Å². The molecule has 0 aliphatic heterocycles. The summed E-state index contributed by atoms with van der Waals surface area (Å²) in [6, 6.07) is 11.5. The monoisotopic (exact) mass is 448 g/mol. The van der Waals surface area contributed by atoms with Gasteiger partial charge in [-0.25, -0.2) is 4.98 Å². The van der Waals surface area contributed by atoms with E-state index in [0.717, 1.165) is 12.1 Å². The van der Waals surface area contributed by atoms with Gasteiger partial charge in [0.15, 0.2) is 0 Å². The van der Waals surface area contributed by atoms with E-state index in [0.29, 0.717) is 10.9 Å². The lowest BCUT2D eigenvalue weighted by atomic mass is 10.2. The number of aryl methyl sites for hydroxylation is 1. The SMILES string of the molecule is CN(CC(=O)Nc1ccc(OC(F)(F)F)cc1)C(=O)CCn1cnc2ccccc2c1=O. The summed E-state index contributed by atoms with van der Waals surface area (Å²) < 4.78 is 41.6. The molecule has 1 heterocycles. The third-order valence-electron chi connectivity index (χ3n) is 4.48. The van der Waals surface area contributed by atoms with Crippen LogP contribution in [0.5, 0.6) is 5.75 Å². The topological polar surface area (TPSA) is 93.5 Å². The number of nitrogens with zero attached hydrogens (tertiary/aromatic N) is 3. The summed E-state index contributed by atoms with van der Waals surface area (Å²) in [5, 5.41) is 2.93. The van der Waals surface area contributed by atoms with Crippen molar-refractivity contribution in [3.8, 4) is 5.75 Å². The molecule has 0 saturated heterocycles. The molecule has 2 aromatic carbocycles. The second-order valence-corrected chi connectivity index (χ2v) is 6.88. The Labute approximate surface area is 180 Å². The number of para-hydroxylation sites is 1. The minimum atomic E-state index is -4.80. The first-order valence-corrected chi connectivity index (χ1v) is 9.46. The smallest absolute Gasteiger partial charge is 0.406 e. The fourth-order valence-corrected chi connectivity index (χ4v) is 2.92. The van der Waals surface area contributed by atoms with E-state index in [4.69, 9.17) is 0 Å². The number of carbonyl (C=O) groups excluding carboxylic acids is 2. The second kappa shape index (κ2) is 9.50. The third-order valence-corrected chi connectivity index (χ3v) is 4.48. The lowest BCUT2D eigenvalue weighted by Crippen LogP contribution is -2.35. The molecular formula is C21H19F3N4O4. The van der Waals surface area contributed by atoms with Crippen LogP contribution < -0.4 is 15.6 Å². The van der Waals surface area contributed by atoms with Gasteiger partial charge in [-0.15, -0.1) is 13.2 Å². The first kappa shape index (κ1) is 22.8. The number of aromatic nitrogens is 2. The highest BCUT2D eigenvalue weighted by atomic mass is 19.4. The number of rotatable bonds is 7. The number of anilines is 1.